The predicted molar refractivity (Wildman–Crippen MR) is 90.9 cm³/mol. The molecule has 7 nitrogen and oxygen atoms in total. The molecular formula is C16H24N2O5S. The number of carbonyl (C=O) groups is 1. The van der Waals surface area contributed by atoms with E-state index in [1.165, 1.54) is 25.3 Å². The first kappa shape index (κ1) is 18.7. The summed E-state index contributed by atoms with van der Waals surface area (Å²) in [5, 5.41) is 12.4. The predicted octanol–water partition coefficient (Wildman–Crippen LogP) is 2.05. The number of carboxylic acid groups (broad SMARTS) is 1. The lowest BCUT2D eigenvalue weighted by Gasteiger charge is -2.19. The van der Waals surface area contributed by atoms with E-state index in [0.29, 0.717) is 5.69 Å². The maximum absolute atomic E-state index is 12.7. The summed E-state index contributed by atoms with van der Waals surface area (Å²) in [5.41, 5.74) is 0.371. The van der Waals surface area contributed by atoms with Crippen molar-refractivity contribution in [1.82, 2.24) is 4.72 Å². The first-order chi connectivity index (χ1) is 11.3. The molecule has 1 unspecified atom stereocenters. The number of aromatic carboxylic acids is 1. The Morgan fingerprint density at radius 2 is 2.04 bits per heavy atom. The minimum Gasteiger partial charge on any atom is -0.478 e. The van der Waals surface area contributed by atoms with Crippen molar-refractivity contribution in [3.63, 3.8) is 0 Å². The number of anilines is 1. The summed E-state index contributed by atoms with van der Waals surface area (Å²) in [5.74, 6) is -1.16. The van der Waals surface area contributed by atoms with Crippen molar-refractivity contribution in [3.05, 3.63) is 23.8 Å². The second kappa shape index (κ2) is 7.96. The molecule has 1 aromatic carbocycles. The zero-order valence-corrected chi connectivity index (χ0v) is 14.7. The molecule has 8 heteroatoms. The molecule has 0 aromatic heterocycles. The third kappa shape index (κ3) is 4.68. The number of nitrogens with one attached hydrogen (secondary N) is 2. The van der Waals surface area contributed by atoms with Gasteiger partial charge in [0.1, 0.15) is 4.90 Å². The largest absolute Gasteiger partial charge is 0.478 e. The fourth-order valence-corrected chi connectivity index (χ4v) is 4.32. The van der Waals surface area contributed by atoms with Crippen molar-refractivity contribution < 1.29 is 23.1 Å². The van der Waals surface area contributed by atoms with Gasteiger partial charge in [0.05, 0.1) is 17.9 Å². The van der Waals surface area contributed by atoms with Crippen LogP contribution >= 0.6 is 0 Å². The maximum Gasteiger partial charge on any atom is 0.335 e. The highest BCUT2D eigenvalue weighted by Gasteiger charge is 2.25. The second-order valence-electron chi connectivity index (χ2n) is 6.12. The van der Waals surface area contributed by atoms with Crippen LogP contribution in [-0.2, 0) is 14.8 Å². The standard InChI is InChI=1S/C16H24N2O5S/c1-11(10-23-2)18-24(21,22)15-9-12(16(19)20)7-8-14(15)17-13-5-3-4-6-13/h7-9,11,13,17-18H,3-6,10H2,1-2H3,(H,19,20). The van der Waals surface area contributed by atoms with Crippen molar-refractivity contribution in [2.45, 2.75) is 49.6 Å². The van der Waals surface area contributed by atoms with Crippen LogP contribution in [0.25, 0.3) is 0 Å². The normalized spacial score (nSPS) is 16.9. The van der Waals surface area contributed by atoms with Crippen molar-refractivity contribution >= 4 is 21.7 Å². The van der Waals surface area contributed by atoms with Gasteiger partial charge in [0.15, 0.2) is 0 Å². The Morgan fingerprint density at radius 3 is 2.62 bits per heavy atom. The molecule has 1 aromatic rings. The van der Waals surface area contributed by atoms with Crippen molar-refractivity contribution in [2.75, 3.05) is 19.0 Å². The van der Waals surface area contributed by atoms with Crippen LogP contribution < -0.4 is 10.0 Å². The van der Waals surface area contributed by atoms with E-state index in [9.17, 15) is 13.2 Å². The first-order valence-corrected chi connectivity index (χ1v) is 9.47. The minimum absolute atomic E-state index is 0.0442. The zero-order chi connectivity index (χ0) is 17.7. The molecule has 134 valence electrons. The summed E-state index contributed by atoms with van der Waals surface area (Å²) >= 11 is 0. The van der Waals surface area contributed by atoms with Gasteiger partial charge in [-0.25, -0.2) is 17.9 Å². The molecule has 0 radical (unpaired) electrons. The molecule has 0 heterocycles. The molecule has 0 aliphatic heterocycles. The molecule has 3 N–H and O–H groups in total. The molecule has 0 amide bonds. The van der Waals surface area contributed by atoms with Crippen LogP contribution in [0.5, 0.6) is 0 Å². The maximum atomic E-state index is 12.7. The monoisotopic (exact) mass is 356 g/mol. The topological polar surface area (TPSA) is 105 Å². The van der Waals surface area contributed by atoms with Gasteiger partial charge in [-0.05, 0) is 38.0 Å². The van der Waals surface area contributed by atoms with E-state index in [1.807, 2.05) is 0 Å². The van der Waals surface area contributed by atoms with Crippen LogP contribution in [0.2, 0.25) is 0 Å². The Labute approximate surface area is 142 Å². The lowest BCUT2D eigenvalue weighted by molar-refractivity contribution is 0.0696. The van der Waals surface area contributed by atoms with Gasteiger partial charge < -0.3 is 15.2 Å². The lowest BCUT2D eigenvalue weighted by atomic mass is 10.2. The Bertz CT molecular complexity index is 684. The number of rotatable bonds is 8. The number of hydrogen-bond acceptors (Lipinski definition) is 5. The van der Waals surface area contributed by atoms with E-state index in [2.05, 4.69) is 10.0 Å². The summed E-state index contributed by atoms with van der Waals surface area (Å²) in [6, 6.07) is 3.93. The van der Waals surface area contributed by atoms with Gasteiger partial charge in [-0.3, -0.25) is 0 Å². The molecule has 0 spiro atoms. The van der Waals surface area contributed by atoms with Crippen molar-refractivity contribution in [2.24, 2.45) is 0 Å². The fraction of sp³-hybridized carbons (Fsp3) is 0.562. The molecule has 1 fully saturated rings. The summed E-state index contributed by atoms with van der Waals surface area (Å²) in [4.78, 5) is 11.2. The Hall–Kier alpha value is -1.64. The molecule has 2 rings (SSSR count). The van der Waals surface area contributed by atoms with Crippen LogP contribution in [-0.4, -0.2) is 45.3 Å². The summed E-state index contributed by atoms with van der Waals surface area (Å²) < 4.78 is 32.8. The van der Waals surface area contributed by atoms with Crippen LogP contribution in [0, 0.1) is 0 Å². The van der Waals surface area contributed by atoms with Crippen LogP contribution in [0.15, 0.2) is 23.1 Å². The number of ether oxygens (including phenoxy) is 1. The Morgan fingerprint density at radius 1 is 1.38 bits per heavy atom. The SMILES string of the molecule is COCC(C)NS(=O)(=O)c1cc(C(=O)O)ccc1NC1CCCC1. The quantitative estimate of drug-likeness (QED) is 0.658. The number of hydrogen-bond donors (Lipinski definition) is 3. The second-order valence-corrected chi connectivity index (χ2v) is 7.80. The van der Waals surface area contributed by atoms with Crippen LogP contribution in [0.1, 0.15) is 43.0 Å². The average molecular weight is 356 g/mol. The van der Waals surface area contributed by atoms with Gasteiger partial charge in [0.2, 0.25) is 10.0 Å². The summed E-state index contributed by atoms with van der Waals surface area (Å²) in [6.07, 6.45) is 4.17. The molecule has 1 aliphatic carbocycles. The highest BCUT2D eigenvalue weighted by Crippen LogP contribution is 2.28. The van der Waals surface area contributed by atoms with E-state index >= 15 is 0 Å². The van der Waals surface area contributed by atoms with E-state index in [0.717, 1.165) is 25.7 Å². The van der Waals surface area contributed by atoms with Crippen LogP contribution in [0.4, 0.5) is 5.69 Å². The van der Waals surface area contributed by atoms with Crippen LogP contribution in [0.3, 0.4) is 0 Å². The zero-order valence-electron chi connectivity index (χ0n) is 13.9. The number of carboxylic acids is 1. The van der Waals surface area contributed by atoms with E-state index < -0.39 is 22.0 Å². The molecule has 0 bridgehead atoms. The number of benzene rings is 1. The third-order valence-electron chi connectivity index (χ3n) is 4.01. The number of methoxy groups -OCH3 is 1. The fourth-order valence-electron chi connectivity index (χ4n) is 2.90. The molecule has 24 heavy (non-hydrogen) atoms. The highest BCUT2D eigenvalue weighted by atomic mass is 32.2. The molecule has 0 saturated heterocycles. The van der Waals surface area contributed by atoms with Crippen molar-refractivity contribution in [1.29, 1.82) is 0 Å². The minimum atomic E-state index is -3.87. The third-order valence-corrected chi connectivity index (χ3v) is 5.64. The first-order valence-electron chi connectivity index (χ1n) is 7.98. The van der Waals surface area contributed by atoms with E-state index in [4.69, 9.17) is 9.84 Å². The Kier molecular flexibility index (Phi) is 6.20. The van der Waals surface area contributed by atoms with Gasteiger partial charge in [0.25, 0.3) is 0 Å². The average Bonchev–Trinajstić information content (AvgIpc) is 3.00. The van der Waals surface area contributed by atoms with Gasteiger partial charge in [0, 0.05) is 19.2 Å². The summed E-state index contributed by atoms with van der Waals surface area (Å²) in [7, 11) is -2.38. The van der Waals surface area contributed by atoms with Gasteiger partial charge in [-0.15, -0.1) is 0 Å². The van der Waals surface area contributed by atoms with E-state index in [1.54, 1.807) is 6.92 Å². The summed E-state index contributed by atoms with van der Waals surface area (Å²) in [6.45, 7) is 1.91. The smallest absolute Gasteiger partial charge is 0.335 e. The molecule has 1 atom stereocenters. The van der Waals surface area contributed by atoms with E-state index in [-0.39, 0.29) is 23.1 Å². The van der Waals surface area contributed by atoms with Crippen molar-refractivity contribution in [3.8, 4) is 0 Å². The van der Waals surface area contributed by atoms with Gasteiger partial charge in [-0.2, -0.15) is 0 Å². The molecule has 1 saturated carbocycles. The Balaban J connectivity index is 2.35. The molecule has 1 aliphatic rings. The van der Waals surface area contributed by atoms with Gasteiger partial charge >= 0.3 is 5.97 Å². The highest BCUT2D eigenvalue weighted by molar-refractivity contribution is 7.89. The lowest BCUT2D eigenvalue weighted by Crippen LogP contribution is -2.36. The molecular weight excluding hydrogens is 332 g/mol. The van der Waals surface area contributed by atoms with Gasteiger partial charge in [-0.1, -0.05) is 12.8 Å². The number of sulfonamides is 1.